The Balaban J connectivity index is 2.14. The van der Waals surface area contributed by atoms with Gasteiger partial charge >= 0.3 is 0 Å². The summed E-state index contributed by atoms with van der Waals surface area (Å²) in [5.41, 5.74) is -1.17. The van der Waals surface area contributed by atoms with Crippen LogP contribution < -0.4 is 0 Å². The van der Waals surface area contributed by atoms with Crippen LogP contribution in [0.4, 0.5) is 0 Å². The first-order valence-electron chi connectivity index (χ1n) is 8.19. The lowest BCUT2D eigenvalue weighted by molar-refractivity contribution is -0.0891. The number of nitrogens with zero attached hydrogens (tertiary/aromatic N) is 1. The van der Waals surface area contributed by atoms with E-state index in [1.807, 2.05) is 0 Å². The normalized spacial score (nSPS) is 44.3. The fourth-order valence-electron chi connectivity index (χ4n) is 4.24. The van der Waals surface area contributed by atoms with Crippen LogP contribution in [0.15, 0.2) is 0 Å². The van der Waals surface area contributed by atoms with Crippen molar-refractivity contribution in [1.82, 2.24) is 0 Å². The molecule has 0 radical (unpaired) electrons. The second-order valence-electron chi connectivity index (χ2n) is 7.11. The average Bonchev–Trinajstić information content (AvgIpc) is 2.62. The van der Waals surface area contributed by atoms with Crippen molar-refractivity contribution in [2.45, 2.75) is 83.7 Å². The summed E-state index contributed by atoms with van der Waals surface area (Å²) in [6, 6.07) is 2.56. The van der Waals surface area contributed by atoms with E-state index in [9.17, 15) is 10.4 Å². The molecule has 2 rings (SSSR count). The van der Waals surface area contributed by atoms with Gasteiger partial charge in [0, 0.05) is 0 Å². The second kappa shape index (κ2) is 5.83. The van der Waals surface area contributed by atoms with Gasteiger partial charge in [-0.3, -0.25) is 0 Å². The van der Waals surface area contributed by atoms with Crippen molar-refractivity contribution >= 4 is 0 Å². The zero-order chi connectivity index (χ0) is 13.9. The van der Waals surface area contributed by atoms with Crippen molar-refractivity contribution in [3.8, 4) is 6.07 Å². The highest BCUT2D eigenvalue weighted by Gasteiger charge is 2.51. The van der Waals surface area contributed by atoms with Crippen LogP contribution in [0.2, 0.25) is 0 Å². The molecule has 2 unspecified atom stereocenters. The van der Waals surface area contributed by atoms with Gasteiger partial charge in [-0.05, 0) is 56.8 Å². The van der Waals surface area contributed by atoms with Gasteiger partial charge in [0.25, 0.3) is 0 Å². The molecule has 2 nitrogen and oxygen atoms in total. The summed E-state index contributed by atoms with van der Waals surface area (Å²) in [7, 11) is 0. The Morgan fingerprint density at radius 3 is 2.37 bits per heavy atom. The molecule has 0 aromatic heterocycles. The SMILES string of the molecule is CCC1CCC(C#N)(C2(O)CCCC(C)CC2)CC1. The molecule has 19 heavy (non-hydrogen) atoms. The number of hydrogen-bond donors (Lipinski definition) is 1. The van der Waals surface area contributed by atoms with E-state index >= 15 is 0 Å². The van der Waals surface area contributed by atoms with Gasteiger partial charge in [-0.2, -0.15) is 5.26 Å². The molecule has 0 amide bonds. The van der Waals surface area contributed by atoms with E-state index in [2.05, 4.69) is 19.9 Å². The second-order valence-corrected chi connectivity index (χ2v) is 7.11. The maximum absolute atomic E-state index is 11.2. The van der Waals surface area contributed by atoms with E-state index in [0.717, 1.165) is 57.3 Å². The highest BCUT2D eigenvalue weighted by Crippen LogP contribution is 2.51. The topological polar surface area (TPSA) is 44.0 Å². The van der Waals surface area contributed by atoms with E-state index in [-0.39, 0.29) is 0 Å². The van der Waals surface area contributed by atoms with Crippen molar-refractivity contribution in [2.24, 2.45) is 17.3 Å². The summed E-state index contributed by atoms with van der Waals surface area (Å²) in [5.74, 6) is 1.48. The van der Waals surface area contributed by atoms with Gasteiger partial charge in [0.2, 0.25) is 0 Å². The molecule has 0 aromatic carbocycles. The minimum atomic E-state index is -0.717. The third-order valence-electron chi connectivity index (χ3n) is 5.98. The van der Waals surface area contributed by atoms with Crippen molar-refractivity contribution < 1.29 is 5.11 Å². The Bertz CT molecular complexity index is 338. The van der Waals surface area contributed by atoms with Crippen LogP contribution >= 0.6 is 0 Å². The molecule has 2 aliphatic carbocycles. The minimum absolute atomic E-state index is 0.456. The van der Waals surface area contributed by atoms with Gasteiger partial charge in [0.15, 0.2) is 0 Å². The molecule has 108 valence electrons. The quantitative estimate of drug-likeness (QED) is 0.749. The standard InChI is InChI=1S/C17H29NO/c1-3-15-7-10-16(13-18,11-8-15)17(19)9-4-5-14(2)6-12-17/h14-15,19H,3-12H2,1-2H3. The van der Waals surface area contributed by atoms with Crippen molar-refractivity contribution in [3.05, 3.63) is 0 Å². The lowest BCUT2D eigenvalue weighted by atomic mass is 9.59. The van der Waals surface area contributed by atoms with E-state index in [1.54, 1.807) is 0 Å². The molecule has 1 N–H and O–H groups in total. The van der Waals surface area contributed by atoms with Crippen molar-refractivity contribution in [2.75, 3.05) is 0 Å². The number of rotatable bonds is 2. The van der Waals surface area contributed by atoms with E-state index in [4.69, 9.17) is 0 Å². The summed E-state index contributed by atoms with van der Waals surface area (Å²) in [6.07, 6.45) is 10.3. The van der Waals surface area contributed by atoms with Gasteiger partial charge in [-0.15, -0.1) is 0 Å². The smallest absolute Gasteiger partial charge is 0.0860 e. The summed E-state index contributed by atoms with van der Waals surface area (Å²) in [6.45, 7) is 4.52. The highest BCUT2D eigenvalue weighted by molar-refractivity contribution is 5.13. The van der Waals surface area contributed by atoms with Gasteiger partial charge in [-0.25, -0.2) is 0 Å². The third kappa shape index (κ3) is 2.82. The van der Waals surface area contributed by atoms with Gasteiger partial charge in [0.05, 0.1) is 17.1 Å². The Kier molecular flexibility index (Phi) is 4.56. The predicted octanol–water partition coefficient (Wildman–Crippen LogP) is 4.43. The molecule has 0 heterocycles. The monoisotopic (exact) mass is 263 g/mol. The Hall–Kier alpha value is -0.550. The van der Waals surface area contributed by atoms with Crippen LogP contribution in [0.25, 0.3) is 0 Å². The van der Waals surface area contributed by atoms with E-state index in [0.29, 0.717) is 5.92 Å². The fraction of sp³-hybridized carbons (Fsp3) is 0.941. The zero-order valence-corrected chi connectivity index (χ0v) is 12.6. The first-order chi connectivity index (χ1) is 9.05. The molecule has 2 atom stereocenters. The van der Waals surface area contributed by atoms with Crippen LogP contribution in [0.3, 0.4) is 0 Å². The van der Waals surface area contributed by atoms with Crippen molar-refractivity contribution in [3.63, 3.8) is 0 Å². The molecular formula is C17H29NO. The molecule has 2 fully saturated rings. The number of nitriles is 1. The van der Waals surface area contributed by atoms with Crippen LogP contribution in [0.1, 0.15) is 78.1 Å². The summed E-state index contributed by atoms with van der Waals surface area (Å²) >= 11 is 0. The highest BCUT2D eigenvalue weighted by atomic mass is 16.3. The lowest BCUT2D eigenvalue weighted by Crippen LogP contribution is -2.49. The summed E-state index contributed by atoms with van der Waals surface area (Å²) < 4.78 is 0. The largest absolute Gasteiger partial charge is 0.388 e. The molecule has 0 aliphatic heterocycles. The summed E-state index contributed by atoms with van der Waals surface area (Å²) in [5, 5.41) is 20.9. The molecule has 2 aliphatic rings. The minimum Gasteiger partial charge on any atom is -0.388 e. The van der Waals surface area contributed by atoms with Gasteiger partial charge < -0.3 is 5.11 Å². The van der Waals surface area contributed by atoms with Crippen LogP contribution in [0, 0.1) is 28.6 Å². The Labute approximate surface area is 118 Å². The first-order valence-corrected chi connectivity index (χ1v) is 8.19. The molecule has 0 aromatic rings. The van der Waals surface area contributed by atoms with Crippen LogP contribution in [0.5, 0.6) is 0 Å². The van der Waals surface area contributed by atoms with Gasteiger partial charge in [-0.1, -0.05) is 33.1 Å². The summed E-state index contributed by atoms with van der Waals surface area (Å²) in [4.78, 5) is 0. The average molecular weight is 263 g/mol. The van der Waals surface area contributed by atoms with Crippen molar-refractivity contribution in [1.29, 1.82) is 5.26 Å². The zero-order valence-electron chi connectivity index (χ0n) is 12.6. The van der Waals surface area contributed by atoms with Crippen LogP contribution in [-0.4, -0.2) is 10.7 Å². The first kappa shape index (κ1) is 14.9. The molecular weight excluding hydrogens is 234 g/mol. The van der Waals surface area contributed by atoms with E-state index in [1.165, 1.54) is 12.8 Å². The fourth-order valence-corrected chi connectivity index (χ4v) is 4.24. The lowest BCUT2D eigenvalue weighted by Gasteiger charge is -2.46. The molecule has 2 saturated carbocycles. The predicted molar refractivity (Wildman–Crippen MR) is 77.5 cm³/mol. The maximum atomic E-state index is 11.2. The van der Waals surface area contributed by atoms with Gasteiger partial charge in [0.1, 0.15) is 0 Å². The molecule has 0 spiro atoms. The van der Waals surface area contributed by atoms with E-state index < -0.39 is 11.0 Å². The maximum Gasteiger partial charge on any atom is 0.0860 e. The third-order valence-corrected chi connectivity index (χ3v) is 5.98. The number of aliphatic hydroxyl groups is 1. The Morgan fingerprint density at radius 1 is 1.11 bits per heavy atom. The number of hydrogen-bond acceptors (Lipinski definition) is 2. The molecule has 2 heteroatoms. The van der Waals surface area contributed by atoms with Crippen LogP contribution in [-0.2, 0) is 0 Å². The molecule has 0 bridgehead atoms. The molecule has 0 saturated heterocycles. The Morgan fingerprint density at radius 2 is 1.79 bits per heavy atom.